The van der Waals surface area contributed by atoms with Crippen molar-refractivity contribution in [3.63, 3.8) is 0 Å². The number of fused-ring (bicyclic) bond motifs is 2. The first-order chi connectivity index (χ1) is 12.7. The number of rotatable bonds is 4. The van der Waals surface area contributed by atoms with Crippen molar-refractivity contribution in [3.8, 4) is 0 Å². The van der Waals surface area contributed by atoms with Gasteiger partial charge in [-0.15, -0.1) is 0 Å². The molecule has 0 aromatic heterocycles. The van der Waals surface area contributed by atoms with Crippen LogP contribution in [0, 0.1) is 0 Å². The third kappa shape index (κ3) is 4.07. The maximum absolute atomic E-state index is 4.33. The van der Waals surface area contributed by atoms with Crippen molar-refractivity contribution in [2.24, 2.45) is 0 Å². The van der Waals surface area contributed by atoms with E-state index in [4.69, 9.17) is 0 Å². The molecule has 0 saturated carbocycles. The van der Waals surface area contributed by atoms with Gasteiger partial charge in [0.1, 0.15) is 12.8 Å². The van der Waals surface area contributed by atoms with E-state index in [9.17, 15) is 0 Å². The molecule has 2 bridgehead atoms. The quantitative estimate of drug-likeness (QED) is 0.727. The van der Waals surface area contributed by atoms with Crippen LogP contribution in [0.1, 0.15) is 52.4 Å². The molecule has 2 saturated heterocycles. The number of benzene rings is 2. The van der Waals surface area contributed by atoms with Crippen molar-refractivity contribution in [1.29, 1.82) is 0 Å². The van der Waals surface area contributed by atoms with Crippen LogP contribution in [0.3, 0.4) is 0 Å². The zero-order valence-electron chi connectivity index (χ0n) is 16.5. The third-order valence-electron chi connectivity index (χ3n) is 6.06. The molecular formula is C23H32ClNP2. The number of hydrogen-bond donors (Lipinski definition) is 1. The molecule has 4 rings (SSSR count). The summed E-state index contributed by atoms with van der Waals surface area (Å²) in [5.41, 5.74) is 1.84. The number of nitrogens with one attached hydrogen (secondary N) is 1. The van der Waals surface area contributed by atoms with Gasteiger partial charge in [0.15, 0.2) is 0 Å². The molecule has 4 heteroatoms. The van der Waals surface area contributed by atoms with Gasteiger partial charge < -0.3 is 12.4 Å². The molecule has 0 spiro atoms. The lowest BCUT2D eigenvalue weighted by atomic mass is 9.99. The van der Waals surface area contributed by atoms with E-state index in [1.807, 2.05) is 0 Å². The molecule has 2 heterocycles. The zero-order valence-corrected chi connectivity index (χ0v) is 19.1. The van der Waals surface area contributed by atoms with Crippen LogP contribution in [0.15, 0.2) is 60.7 Å². The molecule has 0 aliphatic carbocycles. The minimum atomic E-state index is -1.30. The Labute approximate surface area is 172 Å². The highest BCUT2D eigenvalue weighted by Gasteiger charge is 2.53. The molecule has 0 amide bonds. The van der Waals surface area contributed by atoms with E-state index in [1.165, 1.54) is 38.5 Å². The van der Waals surface area contributed by atoms with Gasteiger partial charge in [-0.25, -0.2) is 0 Å². The lowest BCUT2D eigenvalue weighted by Gasteiger charge is -2.47. The molecule has 2 aliphatic rings. The standard InChI is InChI=1S/C23H31NP2.ClH/c1-19(2)24-26(22-15-9-16-23(26)18-10-17-22)25(20-11-5-3-6-12-20)21-13-7-4-8-14-21;/h3-8,11-14,19,22-23H,9-10,15-18H2,1-2H3;1H. The monoisotopic (exact) mass is 419 g/mol. The fraction of sp³-hybridized carbons (Fsp3) is 0.478. The molecule has 0 atom stereocenters. The van der Waals surface area contributed by atoms with Crippen molar-refractivity contribution in [1.82, 2.24) is 0 Å². The van der Waals surface area contributed by atoms with Gasteiger partial charge in [0.05, 0.1) is 0 Å². The maximum Gasteiger partial charge on any atom is 0.140 e. The van der Waals surface area contributed by atoms with Crippen LogP contribution in [0.5, 0.6) is 0 Å². The molecule has 1 nitrogen and oxygen atoms in total. The lowest BCUT2D eigenvalue weighted by Crippen LogP contribution is -3.00. The SMILES string of the molecule is CC(C)[NH+]=P1(P(c2ccccc2)c2ccccc2)C2CCCC1CCC2.[Cl-]. The smallest absolute Gasteiger partial charge is 0.140 e. The first-order valence-corrected chi connectivity index (χ1v) is 14.3. The van der Waals surface area contributed by atoms with Gasteiger partial charge in [-0.1, -0.05) is 73.5 Å². The van der Waals surface area contributed by atoms with E-state index in [2.05, 4.69) is 79.3 Å². The largest absolute Gasteiger partial charge is 1.00 e. The second kappa shape index (κ2) is 9.26. The highest BCUT2D eigenvalue weighted by molar-refractivity contribution is 8.39. The topological polar surface area (TPSA) is 14.0 Å². The van der Waals surface area contributed by atoms with E-state index in [1.54, 1.807) is 10.6 Å². The molecular weight excluding hydrogens is 388 g/mol. The van der Waals surface area contributed by atoms with Crippen LogP contribution < -0.4 is 27.8 Å². The van der Waals surface area contributed by atoms with Gasteiger partial charge >= 0.3 is 0 Å². The summed E-state index contributed by atoms with van der Waals surface area (Å²) in [4.78, 5) is 0. The fourth-order valence-electron chi connectivity index (χ4n) is 5.23. The molecule has 2 fully saturated rings. The van der Waals surface area contributed by atoms with Crippen LogP contribution in [0.2, 0.25) is 0 Å². The van der Waals surface area contributed by atoms with Gasteiger partial charge in [-0.05, 0) is 50.1 Å². The summed E-state index contributed by atoms with van der Waals surface area (Å²) in [6.07, 6.45) is 8.68. The summed E-state index contributed by atoms with van der Waals surface area (Å²) in [7, 11) is -0.319. The fourth-order valence-corrected chi connectivity index (χ4v) is 19.6. The van der Waals surface area contributed by atoms with Crippen LogP contribution in [-0.2, 0) is 0 Å². The Morgan fingerprint density at radius 3 is 1.56 bits per heavy atom. The summed E-state index contributed by atoms with van der Waals surface area (Å²) in [6.45, 7) is 3.44. The van der Waals surface area contributed by atoms with Crippen LogP contribution in [0.25, 0.3) is 0 Å². The van der Waals surface area contributed by atoms with Crippen LogP contribution in [-0.4, -0.2) is 17.4 Å². The molecule has 146 valence electrons. The number of hydrogen-bond acceptors (Lipinski definition) is 0. The van der Waals surface area contributed by atoms with Gasteiger partial charge in [-0.3, -0.25) is 4.74 Å². The Hall–Kier alpha value is -0.610. The summed E-state index contributed by atoms with van der Waals surface area (Å²) < 4.78 is 4.33. The second-order valence-corrected chi connectivity index (χ2v) is 16.2. The van der Waals surface area contributed by atoms with Crippen LogP contribution >= 0.6 is 14.4 Å². The second-order valence-electron chi connectivity index (χ2n) is 8.17. The average molecular weight is 420 g/mol. The van der Waals surface area contributed by atoms with Crippen molar-refractivity contribution in [2.75, 3.05) is 0 Å². The Morgan fingerprint density at radius 1 is 0.778 bits per heavy atom. The zero-order chi connectivity index (χ0) is 18.0. The molecule has 27 heavy (non-hydrogen) atoms. The molecule has 2 aromatic carbocycles. The van der Waals surface area contributed by atoms with Gasteiger partial charge in [0.25, 0.3) is 0 Å². The first-order valence-electron chi connectivity index (χ1n) is 10.3. The van der Waals surface area contributed by atoms with E-state index < -0.39 is 6.74 Å². The van der Waals surface area contributed by atoms with Crippen LogP contribution in [0.4, 0.5) is 0 Å². The van der Waals surface area contributed by atoms with E-state index in [-0.39, 0.29) is 20.0 Å². The molecule has 0 radical (unpaired) electrons. The summed E-state index contributed by atoms with van der Waals surface area (Å²) in [6, 6.07) is 23.5. The summed E-state index contributed by atoms with van der Waals surface area (Å²) in [5, 5.41) is 3.18. The van der Waals surface area contributed by atoms with Crippen molar-refractivity contribution in [2.45, 2.75) is 69.7 Å². The van der Waals surface area contributed by atoms with Crippen molar-refractivity contribution >= 4 is 25.0 Å². The number of halogens is 1. The summed E-state index contributed by atoms with van der Waals surface area (Å²) >= 11 is 0. The highest BCUT2D eigenvalue weighted by atomic mass is 35.5. The normalized spacial score (nSPS) is 27.3. The molecule has 2 aromatic rings. The van der Waals surface area contributed by atoms with E-state index >= 15 is 0 Å². The highest BCUT2D eigenvalue weighted by Crippen LogP contribution is 2.82. The first kappa shape index (κ1) is 21.1. The van der Waals surface area contributed by atoms with Gasteiger partial charge in [0, 0.05) is 18.9 Å². The van der Waals surface area contributed by atoms with Crippen molar-refractivity contribution < 1.29 is 17.2 Å². The summed E-state index contributed by atoms with van der Waals surface area (Å²) in [5.74, 6) is 0. The van der Waals surface area contributed by atoms with E-state index in [0.29, 0.717) is 6.04 Å². The average Bonchev–Trinajstić information content (AvgIpc) is 2.63. The Morgan fingerprint density at radius 2 is 1.19 bits per heavy atom. The predicted molar refractivity (Wildman–Crippen MR) is 117 cm³/mol. The van der Waals surface area contributed by atoms with Gasteiger partial charge in [0.2, 0.25) is 0 Å². The maximum atomic E-state index is 4.33. The van der Waals surface area contributed by atoms with Gasteiger partial charge in [-0.2, -0.15) is 0 Å². The lowest BCUT2D eigenvalue weighted by molar-refractivity contribution is -0.473. The molecule has 1 N–H and O–H groups in total. The molecule has 0 unspecified atom stereocenters. The Balaban J connectivity index is 0.00000210. The molecule has 2 aliphatic heterocycles. The third-order valence-corrected chi connectivity index (χ3v) is 18.2. The minimum absolute atomic E-state index is 0. The Kier molecular flexibility index (Phi) is 7.24. The van der Waals surface area contributed by atoms with Crippen molar-refractivity contribution in [3.05, 3.63) is 60.7 Å². The Bertz CT molecular complexity index is 710. The predicted octanol–water partition coefficient (Wildman–Crippen LogP) is 1.83. The van der Waals surface area contributed by atoms with E-state index in [0.717, 1.165) is 11.3 Å². The minimum Gasteiger partial charge on any atom is -1.00 e.